The monoisotopic (exact) mass is 339 g/mol. The molecular weight excluding hydrogens is 314 g/mol. The number of ether oxygens (including phenoxy) is 1. The molecule has 5 nitrogen and oxygen atoms in total. The number of amides is 1. The van der Waals surface area contributed by atoms with Crippen LogP contribution in [-0.2, 0) is 0 Å². The Morgan fingerprint density at radius 1 is 1.08 bits per heavy atom. The molecule has 1 saturated heterocycles. The van der Waals surface area contributed by atoms with Gasteiger partial charge in [-0.15, -0.1) is 0 Å². The molecule has 1 amide bonds. The van der Waals surface area contributed by atoms with E-state index in [-0.39, 0.29) is 5.91 Å². The number of hydrogen-bond donors (Lipinski definition) is 0. The van der Waals surface area contributed by atoms with E-state index in [0.29, 0.717) is 12.1 Å². The number of hydrogen-bond acceptors (Lipinski definition) is 3. The summed E-state index contributed by atoms with van der Waals surface area (Å²) >= 11 is 0. The van der Waals surface area contributed by atoms with Gasteiger partial charge in [-0.25, -0.2) is 4.98 Å². The number of nitrogens with zero attached hydrogens (tertiary/aromatic N) is 3. The number of benzene rings is 1. The van der Waals surface area contributed by atoms with Gasteiger partial charge in [0, 0.05) is 31.0 Å². The number of aromatic nitrogens is 2. The van der Waals surface area contributed by atoms with Gasteiger partial charge in [0.1, 0.15) is 5.75 Å². The number of carbonyl (C=O) groups excluding carboxylic acids is 1. The van der Waals surface area contributed by atoms with Crippen LogP contribution in [0.5, 0.6) is 5.75 Å². The Hall–Kier alpha value is -2.30. The number of likely N-dealkylation sites (tertiary alicyclic amines) is 1. The van der Waals surface area contributed by atoms with E-state index in [1.807, 2.05) is 41.7 Å². The molecule has 0 bridgehead atoms. The largest absolute Gasteiger partial charge is 0.490 e. The Morgan fingerprint density at radius 2 is 1.88 bits per heavy atom. The van der Waals surface area contributed by atoms with Gasteiger partial charge >= 0.3 is 0 Å². The second-order valence-corrected chi connectivity index (χ2v) is 7.11. The van der Waals surface area contributed by atoms with Crippen LogP contribution in [0.2, 0.25) is 0 Å². The highest BCUT2D eigenvalue weighted by Crippen LogP contribution is 2.26. The molecule has 1 unspecified atom stereocenters. The number of piperidine rings is 1. The molecule has 1 aromatic heterocycles. The molecule has 2 heterocycles. The smallest absolute Gasteiger partial charge is 0.253 e. The van der Waals surface area contributed by atoms with Crippen molar-refractivity contribution in [3.63, 3.8) is 0 Å². The zero-order valence-corrected chi connectivity index (χ0v) is 14.5. The van der Waals surface area contributed by atoms with Crippen LogP contribution in [0.15, 0.2) is 43.0 Å². The lowest BCUT2D eigenvalue weighted by atomic mass is 10.0. The summed E-state index contributed by atoms with van der Waals surface area (Å²) in [4.78, 5) is 18.9. The van der Waals surface area contributed by atoms with Gasteiger partial charge in [-0.05, 0) is 62.8 Å². The summed E-state index contributed by atoms with van der Waals surface area (Å²) in [7, 11) is 0. The van der Waals surface area contributed by atoms with Crippen LogP contribution in [0.1, 0.15) is 54.9 Å². The fourth-order valence-corrected chi connectivity index (χ4v) is 3.93. The SMILES string of the molecule is O=C(c1ccc(OC2CCCC2)cc1)N1CCCC(n2ccnc2)C1. The van der Waals surface area contributed by atoms with E-state index >= 15 is 0 Å². The molecule has 5 heteroatoms. The molecule has 4 rings (SSSR count). The maximum atomic E-state index is 12.8. The summed E-state index contributed by atoms with van der Waals surface area (Å²) < 4.78 is 8.10. The number of imidazole rings is 1. The summed E-state index contributed by atoms with van der Waals surface area (Å²) in [6, 6.07) is 7.98. The molecule has 1 aliphatic carbocycles. The highest BCUT2D eigenvalue weighted by Gasteiger charge is 2.25. The Bertz CT molecular complexity index is 690. The molecule has 1 aliphatic heterocycles. The molecule has 1 saturated carbocycles. The predicted molar refractivity (Wildman–Crippen MR) is 95.7 cm³/mol. The maximum absolute atomic E-state index is 12.8. The van der Waals surface area contributed by atoms with Gasteiger partial charge in [0.15, 0.2) is 0 Å². The lowest BCUT2D eigenvalue weighted by Crippen LogP contribution is -2.40. The highest BCUT2D eigenvalue weighted by molar-refractivity contribution is 5.94. The second kappa shape index (κ2) is 7.30. The van der Waals surface area contributed by atoms with E-state index in [1.54, 1.807) is 6.20 Å². The zero-order valence-electron chi connectivity index (χ0n) is 14.5. The predicted octanol–water partition coefficient (Wildman–Crippen LogP) is 3.68. The molecule has 1 atom stereocenters. The van der Waals surface area contributed by atoms with Crippen molar-refractivity contribution < 1.29 is 9.53 Å². The summed E-state index contributed by atoms with van der Waals surface area (Å²) in [6.07, 6.45) is 12.9. The van der Waals surface area contributed by atoms with Crippen LogP contribution < -0.4 is 4.74 Å². The first-order valence-electron chi connectivity index (χ1n) is 9.33. The molecule has 0 N–H and O–H groups in total. The second-order valence-electron chi connectivity index (χ2n) is 7.11. The first-order chi connectivity index (χ1) is 12.3. The van der Waals surface area contributed by atoms with Gasteiger partial charge in [0.05, 0.1) is 18.5 Å². The summed E-state index contributed by atoms with van der Waals surface area (Å²) in [6.45, 7) is 1.57. The van der Waals surface area contributed by atoms with Gasteiger partial charge in [-0.2, -0.15) is 0 Å². The topological polar surface area (TPSA) is 47.4 Å². The Labute approximate surface area is 148 Å². The molecule has 2 fully saturated rings. The van der Waals surface area contributed by atoms with Crippen LogP contribution in [0.25, 0.3) is 0 Å². The molecule has 0 radical (unpaired) electrons. The van der Waals surface area contributed by atoms with E-state index in [0.717, 1.165) is 50.1 Å². The van der Waals surface area contributed by atoms with Crippen LogP contribution in [-0.4, -0.2) is 39.6 Å². The summed E-state index contributed by atoms with van der Waals surface area (Å²) in [5.74, 6) is 0.982. The average Bonchev–Trinajstić information content (AvgIpc) is 3.36. The van der Waals surface area contributed by atoms with Crippen molar-refractivity contribution in [1.82, 2.24) is 14.5 Å². The van der Waals surface area contributed by atoms with Crippen molar-refractivity contribution in [2.75, 3.05) is 13.1 Å². The minimum atomic E-state index is 0.109. The quantitative estimate of drug-likeness (QED) is 0.854. The van der Waals surface area contributed by atoms with Crippen molar-refractivity contribution in [2.45, 2.75) is 50.7 Å². The third-order valence-corrected chi connectivity index (χ3v) is 5.34. The van der Waals surface area contributed by atoms with Crippen molar-refractivity contribution in [3.8, 4) is 5.75 Å². The summed E-state index contributed by atoms with van der Waals surface area (Å²) in [5, 5.41) is 0. The molecule has 25 heavy (non-hydrogen) atoms. The van der Waals surface area contributed by atoms with Gasteiger partial charge in [0.2, 0.25) is 0 Å². The third kappa shape index (κ3) is 3.70. The Morgan fingerprint density at radius 3 is 2.60 bits per heavy atom. The van der Waals surface area contributed by atoms with E-state index < -0.39 is 0 Å². The Balaban J connectivity index is 1.39. The molecule has 2 aliphatic rings. The van der Waals surface area contributed by atoms with Crippen molar-refractivity contribution >= 4 is 5.91 Å². The highest BCUT2D eigenvalue weighted by atomic mass is 16.5. The van der Waals surface area contributed by atoms with Crippen LogP contribution in [0.4, 0.5) is 0 Å². The van der Waals surface area contributed by atoms with E-state index in [4.69, 9.17) is 4.74 Å². The van der Waals surface area contributed by atoms with Crippen molar-refractivity contribution in [2.24, 2.45) is 0 Å². The molecule has 1 aromatic carbocycles. The molecule has 132 valence electrons. The lowest BCUT2D eigenvalue weighted by molar-refractivity contribution is 0.0679. The van der Waals surface area contributed by atoms with E-state index in [1.165, 1.54) is 12.8 Å². The first kappa shape index (κ1) is 16.2. The van der Waals surface area contributed by atoms with Crippen LogP contribution in [0, 0.1) is 0 Å². The van der Waals surface area contributed by atoms with Gasteiger partial charge in [0.25, 0.3) is 5.91 Å². The lowest BCUT2D eigenvalue weighted by Gasteiger charge is -2.33. The minimum absolute atomic E-state index is 0.109. The minimum Gasteiger partial charge on any atom is -0.490 e. The fourth-order valence-electron chi connectivity index (χ4n) is 3.93. The molecular formula is C20H25N3O2. The van der Waals surface area contributed by atoms with Crippen LogP contribution >= 0.6 is 0 Å². The van der Waals surface area contributed by atoms with E-state index in [2.05, 4.69) is 9.55 Å². The normalized spacial score (nSPS) is 21.4. The van der Waals surface area contributed by atoms with Gasteiger partial charge < -0.3 is 14.2 Å². The number of carbonyl (C=O) groups is 1. The molecule has 2 aromatic rings. The van der Waals surface area contributed by atoms with Gasteiger partial charge in [-0.1, -0.05) is 0 Å². The Kier molecular flexibility index (Phi) is 4.72. The third-order valence-electron chi connectivity index (χ3n) is 5.34. The maximum Gasteiger partial charge on any atom is 0.253 e. The molecule has 0 spiro atoms. The first-order valence-corrected chi connectivity index (χ1v) is 9.33. The average molecular weight is 339 g/mol. The standard InChI is InChI=1S/C20H25N3O2/c24-20(22-12-3-4-17(14-22)23-13-11-21-15-23)16-7-9-19(10-8-16)25-18-5-1-2-6-18/h7-11,13,15,17-18H,1-6,12,14H2. The zero-order chi connectivity index (χ0) is 17.1. The van der Waals surface area contributed by atoms with E-state index in [9.17, 15) is 4.79 Å². The van der Waals surface area contributed by atoms with Gasteiger partial charge in [-0.3, -0.25) is 4.79 Å². The van der Waals surface area contributed by atoms with Crippen molar-refractivity contribution in [1.29, 1.82) is 0 Å². The fraction of sp³-hybridized carbons (Fsp3) is 0.500. The van der Waals surface area contributed by atoms with Crippen LogP contribution in [0.3, 0.4) is 0 Å². The summed E-state index contributed by atoms with van der Waals surface area (Å²) in [5.41, 5.74) is 0.741. The van der Waals surface area contributed by atoms with Crippen molar-refractivity contribution in [3.05, 3.63) is 48.5 Å². The number of rotatable bonds is 4.